The minimum atomic E-state index is -3.85. The van der Waals surface area contributed by atoms with Crippen LogP contribution in [0.3, 0.4) is 0 Å². The van der Waals surface area contributed by atoms with E-state index in [0.29, 0.717) is 30.1 Å². The summed E-state index contributed by atoms with van der Waals surface area (Å²) >= 11 is 0. The number of benzene rings is 2. The van der Waals surface area contributed by atoms with E-state index in [2.05, 4.69) is 12.2 Å². The number of aromatic nitrogens is 1. The van der Waals surface area contributed by atoms with Crippen LogP contribution in [0.15, 0.2) is 64.4 Å². The molecule has 1 aromatic heterocycles. The molecule has 0 spiro atoms. The molecule has 1 aliphatic heterocycles. The number of fused-ring (bicyclic) bond motifs is 1. The molecule has 2 aromatic carbocycles. The number of nitrogens with one attached hydrogen (secondary N) is 1. The fourth-order valence-corrected chi connectivity index (χ4v) is 5.57. The predicted molar refractivity (Wildman–Crippen MR) is 120 cm³/mol. The van der Waals surface area contributed by atoms with Crippen molar-refractivity contribution >= 4 is 32.4 Å². The van der Waals surface area contributed by atoms with E-state index in [1.54, 1.807) is 24.3 Å². The molecule has 1 saturated heterocycles. The number of amides is 1. The molecule has 1 N–H and O–H groups in total. The normalized spacial score (nSPS) is 15.7. The van der Waals surface area contributed by atoms with Gasteiger partial charge >= 0.3 is 0 Å². The third kappa shape index (κ3) is 4.44. The zero-order valence-electron chi connectivity index (χ0n) is 17.6. The summed E-state index contributed by atoms with van der Waals surface area (Å²) in [7, 11) is -3.85. The zero-order valence-corrected chi connectivity index (χ0v) is 18.4. The number of pyridine rings is 1. The van der Waals surface area contributed by atoms with Gasteiger partial charge in [-0.2, -0.15) is 4.31 Å². The molecule has 0 aliphatic carbocycles. The summed E-state index contributed by atoms with van der Waals surface area (Å²) in [4.78, 5) is 25.5. The van der Waals surface area contributed by atoms with Crippen molar-refractivity contribution < 1.29 is 17.6 Å². The number of carbonyl (C=O) groups is 1. The Morgan fingerprint density at radius 1 is 1.06 bits per heavy atom. The molecule has 2 heterocycles. The number of nitrogens with zero attached hydrogens (tertiary/aromatic N) is 2. The molecule has 32 heavy (non-hydrogen) atoms. The van der Waals surface area contributed by atoms with Gasteiger partial charge in [0, 0.05) is 35.7 Å². The Bertz CT molecular complexity index is 1310. The predicted octanol–water partition coefficient (Wildman–Crippen LogP) is 3.20. The van der Waals surface area contributed by atoms with Crippen molar-refractivity contribution in [1.82, 2.24) is 8.87 Å². The molecule has 0 bridgehead atoms. The van der Waals surface area contributed by atoms with Crippen molar-refractivity contribution in [2.75, 3.05) is 18.4 Å². The summed E-state index contributed by atoms with van der Waals surface area (Å²) in [5, 5.41) is 3.16. The zero-order chi connectivity index (χ0) is 22.9. The van der Waals surface area contributed by atoms with Gasteiger partial charge in [0.2, 0.25) is 15.9 Å². The third-order valence-corrected chi connectivity index (χ3v) is 7.69. The van der Waals surface area contributed by atoms with E-state index in [1.165, 1.54) is 34.8 Å². The van der Waals surface area contributed by atoms with Crippen LogP contribution in [0.4, 0.5) is 10.1 Å². The summed E-state index contributed by atoms with van der Waals surface area (Å²) in [5.74, 6) is -0.498. The van der Waals surface area contributed by atoms with Crippen LogP contribution in [-0.4, -0.2) is 36.3 Å². The molecular weight excluding hydrogens is 433 g/mol. The van der Waals surface area contributed by atoms with Gasteiger partial charge in [0.25, 0.3) is 5.56 Å². The maximum atomic E-state index is 13.5. The van der Waals surface area contributed by atoms with Crippen molar-refractivity contribution in [3.63, 3.8) is 0 Å². The Balaban J connectivity index is 1.71. The summed E-state index contributed by atoms with van der Waals surface area (Å²) in [6, 6.07) is 11.7. The van der Waals surface area contributed by atoms with Crippen LogP contribution in [0, 0.1) is 11.7 Å². The monoisotopic (exact) mass is 457 g/mol. The number of sulfonamides is 1. The Kier molecular flexibility index (Phi) is 6.12. The maximum absolute atomic E-state index is 13.5. The average molecular weight is 458 g/mol. The second-order valence-electron chi connectivity index (χ2n) is 8.11. The first-order chi connectivity index (χ1) is 15.3. The third-order valence-electron chi connectivity index (χ3n) is 5.76. The highest BCUT2D eigenvalue weighted by Crippen LogP contribution is 2.27. The quantitative estimate of drug-likeness (QED) is 0.637. The Labute approximate surface area is 185 Å². The molecule has 9 heteroatoms. The Morgan fingerprint density at radius 3 is 2.34 bits per heavy atom. The lowest BCUT2D eigenvalue weighted by Gasteiger charge is -2.30. The molecule has 7 nitrogen and oxygen atoms in total. The fraction of sp³-hybridized carbons (Fsp3) is 0.304. The molecule has 0 saturated carbocycles. The highest BCUT2D eigenvalue weighted by atomic mass is 32.2. The number of rotatable bonds is 5. The molecule has 1 aliphatic rings. The van der Waals surface area contributed by atoms with E-state index in [9.17, 15) is 22.4 Å². The van der Waals surface area contributed by atoms with Gasteiger partial charge in [0.1, 0.15) is 17.3 Å². The fourth-order valence-electron chi connectivity index (χ4n) is 3.88. The largest absolute Gasteiger partial charge is 0.325 e. The minimum Gasteiger partial charge on any atom is -0.325 e. The molecule has 0 atom stereocenters. The average Bonchev–Trinajstić information content (AvgIpc) is 2.77. The van der Waals surface area contributed by atoms with E-state index >= 15 is 0 Å². The number of hydrogen-bond acceptors (Lipinski definition) is 4. The van der Waals surface area contributed by atoms with E-state index in [0.717, 1.165) is 17.4 Å². The van der Waals surface area contributed by atoms with Crippen LogP contribution >= 0.6 is 0 Å². The first-order valence-electron chi connectivity index (χ1n) is 10.4. The number of hydrogen-bond donors (Lipinski definition) is 1. The molecule has 0 unspecified atom stereocenters. The van der Waals surface area contributed by atoms with Gasteiger partial charge in [-0.1, -0.05) is 25.1 Å². The summed E-state index contributed by atoms with van der Waals surface area (Å²) in [5.41, 5.74) is -0.0819. The summed E-state index contributed by atoms with van der Waals surface area (Å²) in [6.45, 7) is 2.56. The van der Waals surface area contributed by atoms with E-state index in [1.807, 2.05) is 0 Å². The smallest absolute Gasteiger partial charge is 0.258 e. The van der Waals surface area contributed by atoms with Gasteiger partial charge in [-0.25, -0.2) is 12.8 Å². The van der Waals surface area contributed by atoms with Crippen molar-refractivity contribution in [2.45, 2.75) is 31.2 Å². The van der Waals surface area contributed by atoms with Gasteiger partial charge in [-0.3, -0.25) is 9.59 Å². The maximum Gasteiger partial charge on any atom is 0.258 e. The van der Waals surface area contributed by atoms with Crippen LogP contribution in [0.25, 0.3) is 10.8 Å². The van der Waals surface area contributed by atoms with Gasteiger partial charge in [0.05, 0.1) is 0 Å². The second-order valence-corrected chi connectivity index (χ2v) is 10.0. The second kappa shape index (κ2) is 8.84. The summed E-state index contributed by atoms with van der Waals surface area (Å²) < 4.78 is 42.6. The van der Waals surface area contributed by atoms with Crippen LogP contribution in [-0.2, 0) is 21.4 Å². The van der Waals surface area contributed by atoms with Crippen LogP contribution < -0.4 is 10.9 Å². The van der Waals surface area contributed by atoms with E-state index in [-0.39, 0.29) is 16.8 Å². The number of carbonyl (C=O) groups excluding carboxylic acids is 1. The molecule has 1 fully saturated rings. The highest BCUT2D eigenvalue weighted by molar-refractivity contribution is 7.89. The minimum absolute atomic E-state index is 0.0110. The molecule has 1 amide bonds. The van der Waals surface area contributed by atoms with Crippen molar-refractivity contribution in [3.8, 4) is 0 Å². The Hall–Kier alpha value is -3.04. The summed E-state index contributed by atoms with van der Waals surface area (Å²) in [6.07, 6.45) is 2.80. The van der Waals surface area contributed by atoms with Gasteiger partial charge in [-0.15, -0.1) is 0 Å². The first-order valence-corrected chi connectivity index (χ1v) is 11.9. The van der Waals surface area contributed by atoms with E-state index < -0.39 is 27.3 Å². The van der Waals surface area contributed by atoms with E-state index in [4.69, 9.17) is 0 Å². The lowest BCUT2D eigenvalue weighted by Crippen LogP contribution is -2.38. The number of piperidine rings is 1. The van der Waals surface area contributed by atoms with Crippen LogP contribution in [0.1, 0.15) is 19.8 Å². The SMILES string of the molecule is CC1CCN(S(=O)(=O)c2cn(CC(=O)Nc3ccc(F)cc3)c(=O)c3ccccc23)CC1. The van der Waals surface area contributed by atoms with Crippen molar-refractivity contribution in [1.29, 1.82) is 0 Å². The molecule has 0 radical (unpaired) electrons. The van der Waals surface area contributed by atoms with Gasteiger partial charge < -0.3 is 9.88 Å². The lowest BCUT2D eigenvalue weighted by atomic mass is 10.0. The van der Waals surface area contributed by atoms with Crippen LogP contribution in [0.2, 0.25) is 0 Å². The van der Waals surface area contributed by atoms with Gasteiger partial charge in [0.15, 0.2) is 0 Å². The molecule has 3 aromatic rings. The molecular formula is C23H24FN3O4S. The Morgan fingerprint density at radius 2 is 1.69 bits per heavy atom. The molecule has 4 rings (SSSR count). The van der Waals surface area contributed by atoms with Crippen LogP contribution in [0.5, 0.6) is 0 Å². The number of anilines is 1. The van der Waals surface area contributed by atoms with Crippen molar-refractivity contribution in [2.24, 2.45) is 5.92 Å². The van der Waals surface area contributed by atoms with Crippen molar-refractivity contribution in [3.05, 3.63) is 70.9 Å². The number of halogens is 1. The first kappa shape index (κ1) is 22.2. The van der Waals surface area contributed by atoms with Gasteiger partial charge in [-0.05, 0) is 49.1 Å². The standard InChI is InChI=1S/C23H24FN3O4S/c1-16-10-12-27(13-11-16)32(30,31)21-14-26(23(29)20-5-3-2-4-19(20)21)15-22(28)25-18-8-6-17(24)7-9-18/h2-9,14,16H,10-13,15H2,1H3,(H,25,28). The lowest BCUT2D eigenvalue weighted by molar-refractivity contribution is -0.116. The molecule has 168 valence electrons. The topological polar surface area (TPSA) is 88.5 Å². The highest BCUT2D eigenvalue weighted by Gasteiger charge is 2.30.